The third-order valence-electron chi connectivity index (χ3n) is 3.67. The Morgan fingerprint density at radius 3 is 2.68 bits per heavy atom. The van der Waals surface area contributed by atoms with E-state index in [-0.39, 0.29) is 29.5 Å². The first-order valence-electron chi connectivity index (χ1n) is 6.67. The van der Waals surface area contributed by atoms with Crippen LogP contribution in [0.4, 0.5) is 4.39 Å². The molecule has 1 heterocycles. The third kappa shape index (κ3) is 3.94. The molecule has 1 saturated heterocycles. The van der Waals surface area contributed by atoms with Gasteiger partial charge in [-0.15, -0.1) is 12.4 Å². The first-order chi connectivity index (χ1) is 9.75. The summed E-state index contributed by atoms with van der Waals surface area (Å²) in [6.45, 7) is 2.12. The molecular weight excluding hydrogens is 418 g/mol. The minimum Gasteiger partial charge on any atom is -0.326 e. The van der Waals surface area contributed by atoms with Crippen LogP contribution in [0.15, 0.2) is 21.5 Å². The fourth-order valence-corrected chi connectivity index (χ4v) is 4.97. The lowest BCUT2D eigenvalue weighted by Crippen LogP contribution is -2.51. The summed E-state index contributed by atoms with van der Waals surface area (Å²) >= 11 is 8.99. The van der Waals surface area contributed by atoms with E-state index in [1.807, 2.05) is 0 Å². The SMILES string of the molecule is CC(N)C1CCCCN1S(=O)(=O)c1cc(Cl)c(Br)cc1F.Cl. The lowest BCUT2D eigenvalue weighted by atomic mass is 10.00. The van der Waals surface area contributed by atoms with Crippen molar-refractivity contribution < 1.29 is 12.8 Å². The van der Waals surface area contributed by atoms with Crippen LogP contribution in [0.2, 0.25) is 5.02 Å². The fourth-order valence-electron chi connectivity index (χ4n) is 2.58. The van der Waals surface area contributed by atoms with Crippen molar-refractivity contribution in [3.63, 3.8) is 0 Å². The Kier molecular flexibility index (Phi) is 7.11. The number of piperidine rings is 1. The Morgan fingerprint density at radius 1 is 1.45 bits per heavy atom. The summed E-state index contributed by atoms with van der Waals surface area (Å²) in [5.74, 6) is -0.819. The molecule has 2 atom stereocenters. The number of nitrogens with zero attached hydrogens (tertiary/aromatic N) is 1. The first-order valence-corrected chi connectivity index (χ1v) is 9.28. The molecule has 1 fully saturated rings. The number of benzene rings is 1. The van der Waals surface area contributed by atoms with Gasteiger partial charge in [-0.3, -0.25) is 0 Å². The van der Waals surface area contributed by atoms with Crippen molar-refractivity contribution in [2.75, 3.05) is 6.54 Å². The summed E-state index contributed by atoms with van der Waals surface area (Å²) in [5.41, 5.74) is 5.89. The van der Waals surface area contributed by atoms with Gasteiger partial charge >= 0.3 is 0 Å². The standard InChI is InChI=1S/C13H17BrClFN2O2S.ClH/c1-8(17)12-4-2-3-5-18(12)21(19,20)13-7-10(15)9(14)6-11(13)16;/h6-8,12H,2-5,17H2,1H3;1H. The molecule has 0 aromatic heterocycles. The molecule has 0 spiro atoms. The maximum atomic E-state index is 14.1. The molecule has 22 heavy (non-hydrogen) atoms. The highest BCUT2D eigenvalue weighted by atomic mass is 79.9. The molecule has 1 aromatic rings. The lowest BCUT2D eigenvalue weighted by Gasteiger charge is -2.36. The van der Waals surface area contributed by atoms with E-state index in [1.54, 1.807) is 6.92 Å². The summed E-state index contributed by atoms with van der Waals surface area (Å²) in [6.07, 6.45) is 2.35. The number of hydrogen-bond acceptors (Lipinski definition) is 3. The molecule has 9 heteroatoms. The van der Waals surface area contributed by atoms with E-state index >= 15 is 0 Å². The Bertz CT molecular complexity index is 643. The Morgan fingerprint density at radius 2 is 2.09 bits per heavy atom. The summed E-state index contributed by atoms with van der Waals surface area (Å²) in [4.78, 5) is -0.400. The van der Waals surface area contributed by atoms with Gasteiger partial charge in [0.15, 0.2) is 0 Å². The number of halogens is 4. The zero-order valence-electron chi connectivity index (χ0n) is 11.9. The van der Waals surface area contributed by atoms with Gasteiger partial charge in [0.1, 0.15) is 10.7 Å². The second-order valence-corrected chi connectivity index (χ2v) is 8.36. The molecule has 2 rings (SSSR count). The number of nitrogens with two attached hydrogens (primary N) is 1. The molecular formula is C13H18BrCl2FN2O2S. The van der Waals surface area contributed by atoms with Crippen LogP contribution in [-0.2, 0) is 10.0 Å². The second-order valence-electron chi connectivity index (χ2n) is 5.23. The van der Waals surface area contributed by atoms with E-state index in [2.05, 4.69) is 15.9 Å². The minimum absolute atomic E-state index is 0. The monoisotopic (exact) mass is 434 g/mol. The number of hydrogen-bond donors (Lipinski definition) is 1. The van der Waals surface area contributed by atoms with Crippen LogP contribution in [-0.4, -0.2) is 31.4 Å². The van der Waals surface area contributed by atoms with Gasteiger partial charge in [0, 0.05) is 23.1 Å². The molecule has 1 aliphatic heterocycles. The Balaban J connectivity index is 0.00000242. The number of rotatable bonds is 3. The molecule has 1 aromatic carbocycles. The lowest BCUT2D eigenvalue weighted by molar-refractivity contribution is 0.226. The van der Waals surface area contributed by atoms with Crippen molar-refractivity contribution in [1.29, 1.82) is 0 Å². The van der Waals surface area contributed by atoms with Crippen molar-refractivity contribution in [2.24, 2.45) is 5.73 Å². The van der Waals surface area contributed by atoms with Gasteiger partial charge in [-0.25, -0.2) is 12.8 Å². The van der Waals surface area contributed by atoms with Gasteiger partial charge < -0.3 is 5.73 Å². The summed E-state index contributed by atoms with van der Waals surface area (Å²) in [5, 5.41) is 0.157. The molecule has 0 amide bonds. The molecule has 1 aliphatic rings. The summed E-state index contributed by atoms with van der Waals surface area (Å²) < 4.78 is 41.2. The van der Waals surface area contributed by atoms with Crippen LogP contribution in [0.3, 0.4) is 0 Å². The van der Waals surface area contributed by atoms with E-state index in [0.29, 0.717) is 17.4 Å². The van der Waals surface area contributed by atoms with E-state index in [0.717, 1.165) is 25.0 Å². The predicted octanol–water partition coefficient (Wildman–Crippen LogP) is 3.55. The highest BCUT2D eigenvalue weighted by molar-refractivity contribution is 9.10. The average molecular weight is 436 g/mol. The third-order valence-corrected chi connectivity index (χ3v) is 6.80. The second kappa shape index (κ2) is 7.77. The van der Waals surface area contributed by atoms with E-state index in [4.69, 9.17) is 17.3 Å². The molecule has 2 N–H and O–H groups in total. The zero-order chi connectivity index (χ0) is 15.8. The van der Waals surface area contributed by atoms with Crippen molar-refractivity contribution in [3.8, 4) is 0 Å². The van der Waals surface area contributed by atoms with Crippen molar-refractivity contribution in [3.05, 3.63) is 27.4 Å². The van der Waals surface area contributed by atoms with E-state index < -0.39 is 20.7 Å². The van der Waals surface area contributed by atoms with Gasteiger partial charge in [-0.1, -0.05) is 18.0 Å². The van der Waals surface area contributed by atoms with Crippen LogP contribution in [0.1, 0.15) is 26.2 Å². The predicted molar refractivity (Wildman–Crippen MR) is 91.5 cm³/mol. The quantitative estimate of drug-likeness (QED) is 0.738. The van der Waals surface area contributed by atoms with Gasteiger partial charge in [-0.2, -0.15) is 4.31 Å². The van der Waals surface area contributed by atoms with Crippen LogP contribution >= 0.6 is 39.9 Å². The summed E-state index contributed by atoms with van der Waals surface area (Å²) in [7, 11) is -3.95. The molecule has 0 bridgehead atoms. The minimum atomic E-state index is -3.95. The van der Waals surface area contributed by atoms with Crippen molar-refractivity contribution in [1.82, 2.24) is 4.31 Å². The fraction of sp³-hybridized carbons (Fsp3) is 0.538. The van der Waals surface area contributed by atoms with Gasteiger partial charge in [0.05, 0.1) is 5.02 Å². The van der Waals surface area contributed by atoms with E-state index in [1.165, 1.54) is 4.31 Å². The largest absolute Gasteiger partial charge is 0.326 e. The van der Waals surface area contributed by atoms with Crippen LogP contribution in [0, 0.1) is 5.82 Å². The highest BCUT2D eigenvalue weighted by Crippen LogP contribution is 2.32. The van der Waals surface area contributed by atoms with Crippen LogP contribution in [0.25, 0.3) is 0 Å². The maximum absolute atomic E-state index is 14.1. The molecule has 2 unspecified atom stereocenters. The number of sulfonamides is 1. The smallest absolute Gasteiger partial charge is 0.246 e. The van der Waals surface area contributed by atoms with Crippen molar-refractivity contribution >= 4 is 50.0 Å². The normalized spacial score (nSPS) is 21.2. The van der Waals surface area contributed by atoms with Crippen LogP contribution < -0.4 is 5.73 Å². The van der Waals surface area contributed by atoms with Crippen molar-refractivity contribution in [2.45, 2.75) is 43.2 Å². The zero-order valence-corrected chi connectivity index (χ0v) is 15.9. The van der Waals surface area contributed by atoms with Crippen LogP contribution in [0.5, 0.6) is 0 Å². The highest BCUT2D eigenvalue weighted by Gasteiger charge is 2.37. The maximum Gasteiger partial charge on any atom is 0.246 e. The van der Waals surface area contributed by atoms with E-state index in [9.17, 15) is 12.8 Å². The van der Waals surface area contributed by atoms with Gasteiger partial charge in [0.2, 0.25) is 10.0 Å². The molecule has 126 valence electrons. The molecule has 0 radical (unpaired) electrons. The van der Waals surface area contributed by atoms with Gasteiger partial charge in [0.25, 0.3) is 0 Å². The first kappa shape index (κ1) is 20.1. The molecule has 0 saturated carbocycles. The Hall–Kier alpha value is 0.0800. The Labute approximate surface area is 149 Å². The average Bonchev–Trinajstić information content (AvgIpc) is 2.42. The topological polar surface area (TPSA) is 63.4 Å². The molecule has 0 aliphatic carbocycles. The summed E-state index contributed by atoms with van der Waals surface area (Å²) in [6, 6.07) is 1.59. The van der Waals surface area contributed by atoms with Gasteiger partial charge in [-0.05, 0) is 47.8 Å². The molecule has 4 nitrogen and oxygen atoms in total.